The summed E-state index contributed by atoms with van der Waals surface area (Å²) in [5.74, 6) is -0.362. The summed E-state index contributed by atoms with van der Waals surface area (Å²) in [7, 11) is 0. The van der Waals surface area contributed by atoms with Crippen LogP contribution in [0.15, 0.2) is 24.3 Å². The molecule has 5 heteroatoms. The number of rotatable bonds is 4. The third kappa shape index (κ3) is 4.30. The summed E-state index contributed by atoms with van der Waals surface area (Å²) in [5.41, 5.74) is 0.126. The normalized spacial score (nSPS) is 16.3. The van der Waals surface area contributed by atoms with Gasteiger partial charge in [-0.1, -0.05) is 20.8 Å². The van der Waals surface area contributed by atoms with Crippen molar-refractivity contribution in [3.05, 3.63) is 35.6 Å². The summed E-state index contributed by atoms with van der Waals surface area (Å²) in [6.07, 6.45) is 2.31. The van der Waals surface area contributed by atoms with E-state index in [2.05, 4.69) is 5.32 Å². The van der Waals surface area contributed by atoms with E-state index in [1.54, 1.807) is 0 Å². The third-order valence-electron chi connectivity index (χ3n) is 4.69. The van der Waals surface area contributed by atoms with Gasteiger partial charge in [0.15, 0.2) is 0 Å². The second-order valence-corrected chi connectivity index (χ2v) is 6.78. The summed E-state index contributed by atoms with van der Waals surface area (Å²) < 4.78 is 12.9. The topological polar surface area (TPSA) is 49.4 Å². The van der Waals surface area contributed by atoms with Gasteiger partial charge in [0, 0.05) is 30.1 Å². The van der Waals surface area contributed by atoms with Gasteiger partial charge in [0.25, 0.3) is 5.91 Å². The van der Waals surface area contributed by atoms with E-state index in [1.165, 1.54) is 24.3 Å². The van der Waals surface area contributed by atoms with Crippen LogP contribution in [0.5, 0.6) is 0 Å². The van der Waals surface area contributed by atoms with Crippen LogP contribution >= 0.6 is 0 Å². The molecule has 1 aliphatic heterocycles. The van der Waals surface area contributed by atoms with Gasteiger partial charge in [0.05, 0.1) is 0 Å². The SMILES string of the molecule is CCC(C)(C)C(=O)N1CCC(NC(=O)c2ccc(F)cc2)CC1. The lowest BCUT2D eigenvalue weighted by atomic mass is 9.87. The molecule has 2 amide bonds. The number of nitrogens with zero attached hydrogens (tertiary/aromatic N) is 1. The summed E-state index contributed by atoms with van der Waals surface area (Å²) in [4.78, 5) is 26.5. The van der Waals surface area contributed by atoms with Crippen LogP contribution in [0, 0.1) is 11.2 Å². The first kappa shape index (κ1) is 17.4. The molecule has 0 bridgehead atoms. The molecule has 0 spiro atoms. The predicted octanol–water partition coefficient (Wildman–Crippen LogP) is 2.98. The highest BCUT2D eigenvalue weighted by atomic mass is 19.1. The number of piperidine rings is 1. The van der Waals surface area contributed by atoms with E-state index < -0.39 is 0 Å². The average molecular weight is 320 g/mol. The van der Waals surface area contributed by atoms with Crippen molar-refractivity contribution in [2.75, 3.05) is 13.1 Å². The molecule has 1 N–H and O–H groups in total. The smallest absolute Gasteiger partial charge is 0.251 e. The van der Waals surface area contributed by atoms with Crippen molar-refractivity contribution in [2.24, 2.45) is 5.41 Å². The maximum absolute atomic E-state index is 12.9. The lowest BCUT2D eigenvalue weighted by molar-refractivity contribution is -0.141. The Morgan fingerprint density at radius 1 is 1.22 bits per heavy atom. The maximum Gasteiger partial charge on any atom is 0.251 e. The highest BCUT2D eigenvalue weighted by Crippen LogP contribution is 2.25. The number of hydrogen-bond acceptors (Lipinski definition) is 2. The Labute approximate surface area is 137 Å². The van der Waals surface area contributed by atoms with Crippen molar-refractivity contribution in [1.82, 2.24) is 10.2 Å². The molecule has 0 aliphatic carbocycles. The first-order valence-electron chi connectivity index (χ1n) is 8.19. The van der Waals surface area contributed by atoms with Gasteiger partial charge in [-0.3, -0.25) is 9.59 Å². The van der Waals surface area contributed by atoms with Gasteiger partial charge in [-0.25, -0.2) is 4.39 Å². The van der Waals surface area contributed by atoms with E-state index in [9.17, 15) is 14.0 Å². The predicted molar refractivity (Wildman–Crippen MR) is 87.5 cm³/mol. The molecule has 1 aromatic rings. The fourth-order valence-corrected chi connectivity index (χ4v) is 2.68. The molecular formula is C18H25FN2O2. The van der Waals surface area contributed by atoms with Crippen LogP contribution < -0.4 is 5.32 Å². The minimum atomic E-state index is -0.355. The van der Waals surface area contributed by atoms with Gasteiger partial charge in [0.2, 0.25) is 5.91 Å². The number of nitrogens with one attached hydrogen (secondary N) is 1. The van der Waals surface area contributed by atoms with Gasteiger partial charge in [-0.2, -0.15) is 0 Å². The van der Waals surface area contributed by atoms with Crippen LogP contribution in [0.3, 0.4) is 0 Å². The minimum absolute atomic E-state index is 0.0568. The first-order valence-corrected chi connectivity index (χ1v) is 8.19. The second-order valence-electron chi connectivity index (χ2n) is 6.78. The number of benzene rings is 1. The van der Waals surface area contributed by atoms with Crippen molar-refractivity contribution in [2.45, 2.75) is 46.1 Å². The van der Waals surface area contributed by atoms with E-state index >= 15 is 0 Å². The van der Waals surface area contributed by atoms with E-state index in [0.29, 0.717) is 18.7 Å². The highest BCUT2D eigenvalue weighted by Gasteiger charge is 2.32. The Bertz CT molecular complexity index is 561. The van der Waals surface area contributed by atoms with Gasteiger partial charge in [0.1, 0.15) is 5.82 Å². The fourth-order valence-electron chi connectivity index (χ4n) is 2.68. The highest BCUT2D eigenvalue weighted by molar-refractivity contribution is 5.94. The van der Waals surface area contributed by atoms with E-state index in [-0.39, 0.29) is 29.1 Å². The zero-order valence-electron chi connectivity index (χ0n) is 14.1. The number of likely N-dealkylation sites (tertiary alicyclic amines) is 1. The molecule has 23 heavy (non-hydrogen) atoms. The van der Waals surface area contributed by atoms with Gasteiger partial charge in [-0.05, 0) is 43.5 Å². The quantitative estimate of drug-likeness (QED) is 0.927. The standard InChI is InChI=1S/C18H25FN2O2/c1-4-18(2,3)17(23)21-11-9-15(10-12-21)20-16(22)13-5-7-14(19)8-6-13/h5-8,15H,4,9-12H2,1-3H3,(H,20,22). The molecule has 0 aromatic heterocycles. The van der Waals surface area contributed by atoms with Gasteiger partial charge < -0.3 is 10.2 Å². The number of halogens is 1. The van der Waals surface area contributed by atoms with E-state index in [0.717, 1.165) is 19.3 Å². The third-order valence-corrected chi connectivity index (χ3v) is 4.69. The Kier molecular flexibility index (Phi) is 5.39. The monoisotopic (exact) mass is 320 g/mol. The molecule has 0 unspecified atom stereocenters. The van der Waals surface area contributed by atoms with Crippen LogP contribution in [-0.4, -0.2) is 35.8 Å². The first-order chi connectivity index (χ1) is 10.8. The summed E-state index contributed by atoms with van der Waals surface area (Å²) >= 11 is 0. The summed E-state index contributed by atoms with van der Waals surface area (Å²) in [5, 5.41) is 2.97. The number of carbonyl (C=O) groups excluding carboxylic acids is 2. The summed E-state index contributed by atoms with van der Waals surface area (Å²) in [6.45, 7) is 7.29. The minimum Gasteiger partial charge on any atom is -0.349 e. The molecule has 0 radical (unpaired) electrons. The van der Waals surface area contributed by atoms with Gasteiger partial charge in [-0.15, -0.1) is 0 Å². The van der Waals surface area contributed by atoms with E-state index in [4.69, 9.17) is 0 Å². The molecule has 2 rings (SSSR count). The zero-order chi connectivity index (χ0) is 17.0. The zero-order valence-corrected chi connectivity index (χ0v) is 14.1. The van der Waals surface area contributed by atoms with E-state index in [1.807, 2.05) is 25.7 Å². The maximum atomic E-state index is 12.9. The van der Waals surface area contributed by atoms with Crippen molar-refractivity contribution in [3.8, 4) is 0 Å². The molecule has 4 nitrogen and oxygen atoms in total. The largest absolute Gasteiger partial charge is 0.349 e. The van der Waals surface area contributed by atoms with Crippen LogP contribution in [0.4, 0.5) is 4.39 Å². The van der Waals surface area contributed by atoms with Crippen LogP contribution in [-0.2, 0) is 4.79 Å². The number of carbonyl (C=O) groups is 2. The molecular weight excluding hydrogens is 295 g/mol. The second kappa shape index (κ2) is 7.11. The van der Waals surface area contributed by atoms with Crippen LogP contribution in [0.25, 0.3) is 0 Å². The fraction of sp³-hybridized carbons (Fsp3) is 0.556. The van der Waals surface area contributed by atoms with Crippen molar-refractivity contribution in [1.29, 1.82) is 0 Å². The lowest BCUT2D eigenvalue weighted by Gasteiger charge is -2.36. The van der Waals surface area contributed by atoms with Gasteiger partial charge >= 0.3 is 0 Å². The van der Waals surface area contributed by atoms with Crippen molar-refractivity contribution < 1.29 is 14.0 Å². The Morgan fingerprint density at radius 3 is 2.30 bits per heavy atom. The van der Waals surface area contributed by atoms with Crippen LogP contribution in [0.2, 0.25) is 0 Å². The van der Waals surface area contributed by atoms with Crippen LogP contribution in [0.1, 0.15) is 50.4 Å². The van der Waals surface area contributed by atoms with Crippen molar-refractivity contribution in [3.63, 3.8) is 0 Å². The number of hydrogen-bond donors (Lipinski definition) is 1. The molecule has 1 aromatic carbocycles. The lowest BCUT2D eigenvalue weighted by Crippen LogP contribution is -2.49. The molecule has 0 saturated carbocycles. The Hall–Kier alpha value is -1.91. The molecule has 0 atom stereocenters. The summed E-state index contributed by atoms with van der Waals surface area (Å²) in [6, 6.07) is 5.58. The molecule has 1 heterocycles. The van der Waals surface area contributed by atoms with Crippen molar-refractivity contribution >= 4 is 11.8 Å². The molecule has 1 aliphatic rings. The molecule has 1 saturated heterocycles. The molecule has 1 fully saturated rings. The Morgan fingerprint density at radius 2 is 1.78 bits per heavy atom. The average Bonchev–Trinajstić information content (AvgIpc) is 2.55. The Balaban J connectivity index is 1.86. The number of amides is 2. The molecule has 126 valence electrons.